The van der Waals surface area contributed by atoms with Gasteiger partial charge in [-0.2, -0.15) is 5.26 Å². The number of H-pyrrole nitrogens is 1. The number of anilines is 1. The van der Waals surface area contributed by atoms with Crippen molar-refractivity contribution in [2.45, 2.75) is 43.9 Å². The van der Waals surface area contributed by atoms with E-state index in [1.165, 1.54) is 11.8 Å². The zero-order valence-corrected chi connectivity index (χ0v) is 19.9. The van der Waals surface area contributed by atoms with Gasteiger partial charge in [-0.3, -0.25) is 9.59 Å². The Morgan fingerprint density at radius 2 is 2.06 bits per heavy atom. The first-order valence-corrected chi connectivity index (χ1v) is 11.9. The lowest BCUT2D eigenvalue weighted by atomic mass is 9.83. The van der Waals surface area contributed by atoms with E-state index in [0.717, 1.165) is 56.4 Å². The van der Waals surface area contributed by atoms with Crippen LogP contribution in [0.5, 0.6) is 0 Å². The van der Waals surface area contributed by atoms with Crippen molar-refractivity contribution in [3.8, 4) is 6.07 Å². The number of likely N-dealkylation sites (tertiary alicyclic amines) is 1. The molecule has 1 aromatic heterocycles. The molecule has 4 rings (SSSR count). The summed E-state index contributed by atoms with van der Waals surface area (Å²) in [5.74, 6) is 0.593. The van der Waals surface area contributed by atoms with Crippen LogP contribution in [0.1, 0.15) is 71.4 Å². The van der Waals surface area contributed by atoms with Crippen molar-refractivity contribution in [2.24, 2.45) is 0 Å². The minimum Gasteiger partial charge on any atom is -0.342 e. The quantitative estimate of drug-likeness (QED) is 0.641. The van der Waals surface area contributed by atoms with Gasteiger partial charge in [0.15, 0.2) is 5.82 Å². The van der Waals surface area contributed by atoms with Gasteiger partial charge in [0.05, 0.1) is 12.7 Å². The molecule has 2 amide bonds. The van der Waals surface area contributed by atoms with E-state index in [-0.39, 0.29) is 29.3 Å². The Hall–Kier alpha value is -3.44. The van der Waals surface area contributed by atoms with Crippen molar-refractivity contribution in [3.05, 3.63) is 59.2 Å². The predicted molar refractivity (Wildman–Crippen MR) is 131 cm³/mol. The highest BCUT2D eigenvalue weighted by atomic mass is 16.2. The van der Waals surface area contributed by atoms with Gasteiger partial charge in [0.25, 0.3) is 5.91 Å². The second-order valence-electron chi connectivity index (χ2n) is 9.42. The van der Waals surface area contributed by atoms with Gasteiger partial charge in [0.1, 0.15) is 11.8 Å². The fourth-order valence-electron chi connectivity index (χ4n) is 4.83. The van der Waals surface area contributed by atoms with Crippen LogP contribution < -0.4 is 5.32 Å². The van der Waals surface area contributed by atoms with Crippen molar-refractivity contribution in [1.82, 2.24) is 19.8 Å². The molecule has 8 nitrogen and oxygen atoms in total. The Bertz CT molecular complexity index is 1100. The SMILES string of the molecule is CN(C)CC(=O)N1CCC(c2ccc(NC(=O)c3ncc(C#N)[nH]3)c(C3C=CCCC3)c2)CC1. The zero-order chi connectivity index (χ0) is 24.1. The van der Waals surface area contributed by atoms with Crippen LogP contribution in [-0.2, 0) is 4.79 Å². The third-order valence-electron chi connectivity index (χ3n) is 6.66. The minimum atomic E-state index is -0.358. The van der Waals surface area contributed by atoms with Gasteiger partial charge in [-0.25, -0.2) is 4.98 Å². The molecule has 0 saturated carbocycles. The molecule has 2 aromatic rings. The summed E-state index contributed by atoms with van der Waals surface area (Å²) in [5, 5.41) is 12.0. The second-order valence-corrected chi connectivity index (χ2v) is 9.42. The van der Waals surface area contributed by atoms with Crippen molar-refractivity contribution < 1.29 is 9.59 Å². The van der Waals surface area contributed by atoms with E-state index in [1.807, 2.05) is 36.0 Å². The number of rotatable bonds is 6. The average molecular weight is 461 g/mol. The number of aromatic nitrogens is 2. The van der Waals surface area contributed by atoms with Crippen LogP contribution in [-0.4, -0.2) is 65.3 Å². The third-order valence-corrected chi connectivity index (χ3v) is 6.66. The maximum absolute atomic E-state index is 12.8. The third kappa shape index (κ3) is 5.54. The first-order valence-electron chi connectivity index (χ1n) is 11.9. The van der Waals surface area contributed by atoms with E-state index in [4.69, 9.17) is 5.26 Å². The van der Waals surface area contributed by atoms with E-state index in [0.29, 0.717) is 12.5 Å². The standard InChI is InChI=1S/C26H32N6O2/c1-31(2)17-24(33)32-12-10-18(11-13-32)20-8-9-23(22(14-20)19-6-4-3-5-7-19)30-26(34)25-28-16-21(15-27)29-25/h4,6,8-9,14,16,18-19H,3,5,7,10-13,17H2,1-2H3,(H,28,29)(H,30,34). The summed E-state index contributed by atoms with van der Waals surface area (Å²) in [6.45, 7) is 1.99. The topological polar surface area (TPSA) is 105 Å². The van der Waals surface area contributed by atoms with Crippen LogP contribution in [0.25, 0.3) is 0 Å². The fourth-order valence-corrected chi connectivity index (χ4v) is 4.83. The molecule has 2 heterocycles. The molecule has 1 aliphatic heterocycles. The number of nitriles is 1. The van der Waals surface area contributed by atoms with Crippen LogP contribution in [0.15, 0.2) is 36.5 Å². The summed E-state index contributed by atoms with van der Waals surface area (Å²) < 4.78 is 0. The van der Waals surface area contributed by atoms with Gasteiger partial charge in [-0.05, 0) is 69.3 Å². The molecule has 1 aromatic carbocycles. The van der Waals surface area contributed by atoms with Crippen molar-refractivity contribution in [1.29, 1.82) is 5.26 Å². The van der Waals surface area contributed by atoms with Crippen LogP contribution in [0.4, 0.5) is 5.69 Å². The number of carbonyl (C=O) groups is 2. The molecule has 2 N–H and O–H groups in total. The van der Waals surface area contributed by atoms with Gasteiger partial charge in [0.2, 0.25) is 5.91 Å². The van der Waals surface area contributed by atoms with Crippen LogP contribution >= 0.6 is 0 Å². The molecular formula is C26H32N6O2. The number of likely N-dealkylation sites (N-methyl/N-ethyl adjacent to an activating group) is 1. The van der Waals surface area contributed by atoms with Crippen molar-refractivity contribution >= 4 is 17.5 Å². The lowest BCUT2D eigenvalue weighted by Crippen LogP contribution is -2.42. The summed E-state index contributed by atoms with van der Waals surface area (Å²) in [6.07, 6.45) is 10.9. The monoisotopic (exact) mass is 460 g/mol. The number of carbonyl (C=O) groups excluding carboxylic acids is 2. The minimum absolute atomic E-state index is 0.125. The number of nitrogens with zero attached hydrogens (tertiary/aromatic N) is 4. The highest BCUT2D eigenvalue weighted by molar-refractivity contribution is 6.02. The van der Waals surface area contributed by atoms with Gasteiger partial charge in [-0.15, -0.1) is 0 Å². The Morgan fingerprint density at radius 1 is 1.26 bits per heavy atom. The molecule has 34 heavy (non-hydrogen) atoms. The number of imidazole rings is 1. The Balaban J connectivity index is 1.52. The van der Waals surface area contributed by atoms with Crippen molar-refractivity contribution in [2.75, 3.05) is 39.0 Å². The number of amides is 2. The molecule has 0 bridgehead atoms. The molecule has 1 atom stereocenters. The lowest BCUT2D eigenvalue weighted by Gasteiger charge is -2.33. The lowest BCUT2D eigenvalue weighted by molar-refractivity contribution is -0.132. The molecule has 1 unspecified atom stereocenters. The van der Waals surface area contributed by atoms with E-state index >= 15 is 0 Å². The van der Waals surface area contributed by atoms with Gasteiger partial charge < -0.3 is 20.1 Å². The molecule has 0 spiro atoms. The van der Waals surface area contributed by atoms with E-state index in [2.05, 4.69) is 39.6 Å². The molecule has 1 fully saturated rings. The molecule has 8 heteroatoms. The fraction of sp³-hybridized carbons (Fsp3) is 0.462. The van der Waals surface area contributed by atoms with Crippen LogP contribution in [0, 0.1) is 11.3 Å². The maximum Gasteiger partial charge on any atom is 0.291 e. The number of nitrogens with one attached hydrogen (secondary N) is 2. The number of piperidine rings is 1. The summed E-state index contributed by atoms with van der Waals surface area (Å²) in [4.78, 5) is 35.8. The Kier molecular flexibility index (Phi) is 7.43. The average Bonchev–Trinajstić information content (AvgIpc) is 3.34. The molecule has 178 valence electrons. The van der Waals surface area contributed by atoms with Crippen LogP contribution in [0.3, 0.4) is 0 Å². The molecule has 1 saturated heterocycles. The first kappa shape index (κ1) is 23.7. The summed E-state index contributed by atoms with van der Waals surface area (Å²) in [5.41, 5.74) is 3.40. The zero-order valence-electron chi connectivity index (χ0n) is 19.9. The summed E-state index contributed by atoms with van der Waals surface area (Å²) in [7, 11) is 3.83. The number of hydrogen-bond acceptors (Lipinski definition) is 5. The first-order chi connectivity index (χ1) is 16.4. The van der Waals surface area contributed by atoms with E-state index < -0.39 is 0 Å². The van der Waals surface area contributed by atoms with Crippen LogP contribution in [0.2, 0.25) is 0 Å². The molecule has 2 aliphatic rings. The van der Waals surface area contributed by atoms with Crippen molar-refractivity contribution in [3.63, 3.8) is 0 Å². The molecule has 0 radical (unpaired) electrons. The number of allylic oxidation sites excluding steroid dienone is 2. The molecular weight excluding hydrogens is 428 g/mol. The Labute approximate surface area is 200 Å². The number of benzene rings is 1. The largest absolute Gasteiger partial charge is 0.342 e. The van der Waals surface area contributed by atoms with Gasteiger partial charge >= 0.3 is 0 Å². The summed E-state index contributed by atoms with van der Waals surface area (Å²) >= 11 is 0. The summed E-state index contributed by atoms with van der Waals surface area (Å²) in [6, 6.07) is 8.28. The second kappa shape index (κ2) is 10.7. The highest BCUT2D eigenvalue weighted by Gasteiger charge is 2.26. The predicted octanol–water partition coefficient (Wildman–Crippen LogP) is 3.62. The van der Waals surface area contributed by atoms with E-state index in [1.54, 1.807) is 0 Å². The molecule has 1 aliphatic carbocycles. The smallest absolute Gasteiger partial charge is 0.291 e. The van der Waals surface area contributed by atoms with Gasteiger partial charge in [-0.1, -0.05) is 24.3 Å². The number of hydrogen-bond donors (Lipinski definition) is 2. The maximum atomic E-state index is 12.8. The van der Waals surface area contributed by atoms with Gasteiger partial charge in [0, 0.05) is 24.7 Å². The number of aromatic amines is 1. The highest BCUT2D eigenvalue weighted by Crippen LogP contribution is 2.37. The Morgan fingerprint density at radius 3 is 2.71 bits per heavy atom. The normalized spacial score (nSPS) is 18.6. The van der Waals surface area contributed by atoms with E-state index in [9.17, 15) is 9.59 Å².